The summed E-state index contributed by atoms with van der Waals surface area (Å²) in [5.74, 6) is 0.0956. The van der Waals surface area contributed by atoms with Gasteiger partial charge >= 0.3 is 5.69 Å². The number of ether oxygens (including phenoxy) is 1. The zero-order chi connectivity index (χ0) is 13.7. The molecule has 1 saturated heterocycles. The van der Waals surface area contributed by atoms with E-state index in [-0.39, 0.29) is 23.2 Å². The second kappa shape index (κ2) is 6.08. The smallest absolute Gasteiger partial charge is 0.328 e. The van der Waals surface area contributed by atoms with Crippen LogP contribution in [-0.4, -0.2) is 42.3 Å². The van der Waals surface area contributed by atoms with Gasteiger partial charge in [-0.25, -0.2) is 4.98 Å². The van der Waals surface area contributed by atoms with Gasteiger partial charge in [-0.2, -0.15) is 5.26 Å². The molecule has 1 aromatic heterocycles. The summed E-state index contributed by atoms with van der Waals surface area (Å²) >= 11 is 0. The first-order valence-corrected chi connectivity index (χ1v) is 5.82. The van der Waals surface area contributed by atoms with Crippen LogP contribution >= 0.6 is 0 Å². The molecule has 2 N–H and O–H groups in total. The Morgan fingerprint density at radius 3 is 3.21 bits per heavy atom. The zero-order valence-corrected chi connectivity index (χ0v) is 10.1. The molecule has 1 aliphatic heterocycles. The summed E-state index contributed by atoms with van der Waals surface area (Å²) in [6, 6.07) is 3.11. The van der Waals surface area contributed by atoms with Crippen LogP contribution in [0.25, 0.3) is 0 Å². The molecule has 8 heteroatoms. The van der Waals surface area contributed by atoms with E-state index in [0.29, 0.717) is 19.7 Å². The molecule has 19 heavy (non-hydrogen) atoms. The van der Waals surface area contributed by atoms with E-state index in [1.54, 1.807) is 6.07 Å². The number of morpholine rings is 1. The van der Waals surface area contributed by atoms with Crippen molar-refractivity contribution in [2.24, 2.45) is 0 Å². The van der Waals surface area contributed by atoms with Crippen LogP contribution in [-0.2, 0) is 4.74 Å². The molecule has 2 rings (SSSR count). The maximum absolute atomic E-state index is 11.0. The van der Waals surface area contributed by atoms with E-state index in [4.69, 9.17) is 10.00 Å². The van der Waals surface area contributed by atoms with E-state index >= 15 is 0 Å². The quantitative estimate of drug-likeness (QED) is 0.591. The Balaban J connectivity index is 2.11. The van der Waals surface area contributed by atoms with Crippen LogP contribution in [0.5, 0.6) is 0 Å². The lowest BCUT2D eigenvalue weighted by atomic mass is 10.2. The number of rotatable bonds is 4. The Bertz CT molecular complexity index is 508. The highest BCUT2D eigenvalue weighted by molar-refractivity contribution is 5.64. The van der Waals surface area contributed by atoms with Gasteiger partial charge in [-0.3, -0.25) is 10.1 Å². The fraction of sp³-hybridized carbons (Fsp3) is 0.455. The predicted molar refractivity (Wildman–Crippen MR) is 66.7 cm³/mol. The molecule has 0 radical (unpaired) electrons. The van der Waals surface area contributed by atoms with Gasteiger partial charge in [0, 0.05) is 25.8 Å². The molecule has 0 aromatic carbocycles. The number of nitriles is 1. The number of pyridine rings is 1. The van der Waals surface area contributed by atoms with Crippen molar-refractivity contribution in [3.8, 4) is 6.07 Å². The van der Waals surface area contributed by atoms with E-state index < -0.39 is 4.92 Å². The largest absolute Gasteiger partial charge is 0.374 e. The number of anilines is 1. The van der Waals surface area contributed by atoms with Crippen molar-refractivity contribution < 1.29 is 9.66 Å². The molecule has 1 unspecified atom stereocenters. The van der Waals surface area contributed by atoms with Crippen molar-refractivity contribution in [3.63, 3.8) is 0 Å². The van der Waals surface area contributed by atoms with Crippen molar-refractivity contribution >= 4 is 11.5 Å². The van der Waals surface area contributed by atoms with E-state index in [0.717, 1.165) is 6.54 Å². The highest BCUT2D eigenvalue weighted by Gasteiger charge is 2.22. The van der Waals surface area contributed by atoms with Crippen LogP contribution in [0.15, 0.2) is 12.3 Å². The van der Waals surface area contributed by atoms with Crippen molar-refractivity contribution in [2.75, 3.05) is 31.6 Å². The lowest BCUT2D eigenvalue weighted by molar-refractivity contribution is -0.384. The molecule has 1 aromatic rings. The fourth-order valence-corrected chi connectivity index (χ4v) is 1.82. The van der Waals surface area contributed by atoms with E-state index in [9.17, 15) is 10.1 Å². The molecule has 0 bridgehead atoms. The van der Waals surface area contributed by atoms with Gasteiger partial charge in [0.25, 0.3) is 0 Å². The molecule has 0 amide bonds. The molecule has 8 nitrogen and oxygen atoms in total. The summed E-state index contributed by atoms with van der Waals surface area (Å²) in [5.41, 5.74) is -0.307. The van der Waals surface area contributed by atoms with Gasteiger partial charge in [0.05, 0.1) is 17.6 Å². The normalized spacial score (nSPS) is 18.6. The molecule has 1 atom stereocenters. The minimum Gasteiger partial charge on any atom is -0.374 e. The molecule has 100 valence electrons. The van der Waals surface area contributed by atoms with Crippen LogP contribution in [0.2, 0.25) is 0 Å². The fourth-order valence-electron chi connectivity index (χ4n) is 1.82. The second-order valence-electron chi connectivity index (χ2n) is 4.00. The molecule has 1 fully saturated rings. The van der Waals surface area contributed by atoms with Crippen molar-refractivity contribution in [3.05, 3.63) is 27.9 Å². The number of aromatic nitrogens is 1. The summed E-state index contributed by atoms with van der Waals surface area (Å²) in [4.78, 5) is 14.3. The van der Waals surface area contributed by atoms with Gasteiger partial charge in [0.2, 0.25) is 5.82 Å². The highest BCUT2D eigenvalue weighted by atomic mass is 16.6. The highest BCUT2D eigenvalue weighted by Crippen LogP contribution is 2.25. The van der Waals surface area contributed by atoms with Crippen LogP contribution in [0, 0.1) is 21.4 Å². The summed E-state index contributed by atoms with van der Waals surface area (Å²) in [6.45, 7) is 2.49. The minimum atomic E-state index is -0.603. The topological polar surface area (TPSA) is 113 Å². The summed E-state index contributed by atoms with van der Waals surface area (Å²) in [6.07, 6.45) is 1.30. The monoisotopic (exact) mass is 263 g/mol. The van der Waals surface area contributed by atoms with Crippen molar-refractivity contribution in [1.29, 1.82) is 5.26 Å². The summed E-state index contributed by atoms with van der Waals surface area (Å²) in [5, 5.41) is 25.9. The number of nitro groups is 1. The Hall–Kier alpha value is -2.24. The minimum absolute atomic E-state index is 0.00909. The van der Waals surface area contributed by atoms with Crippen LogP contribution < -0.4 is 10.6 Å². The first-order chi connectivity index (χ1) is 9.22. The zero-order valence-electron chi connectivity index (χ0n) is 10.1. The Morgan fingerprint density at radius 2 is 2.58 bits per heavy atom. The second-order valence-corrected chi connectivity index (χ2v) is 4.00. The SMILES string of the molecule is N#Cc1ccnc(NCC2CNCCO2)c1[N+](=O)[O-]. The maximum atomic E-state index is 11.0. The van der Waals surface area contributed by atoms with E-state index in [2.05, 4.69) is 15.6 Å². The van der Waals surface area contributed by atoms with Gasteiger partial charge in [0.1, 0.15) is 11.6 Å². The van der Waals surface area contributed by atoms with Gasteiger partial charge in [-0.05, 0) is 6.07 Å². The molecule has 0 saturated carbocycles. The van der Waals surface area contributed by atoms with Crippen molar-refractivity contribution in [2.45, 2.75) is 6.10 Å². The van der Waals surface area contributed by atoms with E-state index in [1.807, 2.05) is 0 Å². The Labute approximate surface area is 109 Å². The summed E-state index contributed by atoms with van der Waals surface area (Å²) in [7, 11) is 0. The number of hydrogen-bond acceptors (Lipinski definition) is 7. The first kappa shape index (κ1) is 13.2. The van der Waals surface area contributed by atoms with Gasteiger partial charge in [0.15, 0.2) is 0 Å². The lowest BCUT2D eigenvalue weighted by Crippen LogP contribution is -2.42. The molecule has 0 spiro atoms. The van der Waals surface area contributed by atoms with Gasteiger partial charge in [-0.15, -0.1) is 0 Å². The number of nitrogens with zero attached hydrogens (tertiary/aromatic N) is 3. The van der Waals surface area contributed by atoms with Gasteiger partial charge in [-0.1, -0.05) is 0 Å². The molecule has 1 aliphatic rings. The maximum Gasteiger partial charge on any atom is 0.328 e. The molecule has 0 aliphatic carbocycles. The predicted octanol–water partition coefficient (Wildman–Crippen LogP) is 0.262. The number of hydrogen-bond donors (Lipinski definition) is 2. The van der Waals surface area contributed by atoms with Gasteiger partial charge < -0.3 is 15.4 Å². The van der Waals surface area contributed by atoms with Crippen LogP contribution in [0.4, 0.5) is 11.5 Å². The standard InChI is InChI=1S/C11H13N5O3/c12-5-8-1-2-14-11(10(8)16(17)18)15-7-9-6-13-3-4-19-9/h1-2,9,13H,3-4,6-7H2,(H,14,15). The third-order valence-corrected chi connectivity index (χ3v) is 2.73. The molecular formula is C11H13N5O3. The third kappa shape index (κ3) is 3.15. The van der Waals surface area contributed by atoms with E-state index in [1.165, 1.54) is 12.3 Å². The Kier molecular flexibility index (Phi) is 4.22. The van der Waals surface area contributed by atoms with Crippen LogP contribution in [0.1, 0.15) is 5.56 Å². The van der Waals surface area contributed by atoms with Crippen LogP contribution in [0.3, 0.4) is 0 Å². The average Bonchev–Trinajstić information content (AvgIpc) is 2.45. The molecule has 2 heterocycles. The number of nitrogens with one attached hydrogen (secondary N) is 2. The molecular weight excluding hydrogens is 250 g/mol. The third-order valence-electron chi connectivity index (χ3n) is 2.73. The van der Waals surface area contributed by atoms with Crippen molar-refractivity contribution in [1.82, 2.24) is 10.3 Å². The Morgan fingerprint density at radius 1 is 1.74 bits per heavy atom. The first-order valence-electron chi connectivity index (χ1n) is 5.82. The average molecular weight is 263 g/mol. The lowest BCUT2D eigenvalue weighted by Gasteiger charge is -2.23. The summed E-state index contributed by atoms with van der Waals surface area (Å²) < 4.78 is 5.47.